The van der Waals surface area contributed by atoms with E-state index in [4.69, 9.17) is 9.47 Å². The van der Waals surface area contributed by atoms with Crippen molar-refractivity contribution < 1.29 is 9.47 Å². The maximum absolute atomic E-state index is 6.16. The molecule has 0 spiro atoms. The molecule has 2 heteroatoms. The van der Waals surface area contributed by atoms with Crippen LogP contribution in [0.1, 0.15) is 218 Å². The zero-order chi connectivity index (χ0) is 42.2. The fourth-order valence-corrected chi connectivity index (χ4v) is 7.81. The summed E-state index contributed by atoms with van der Waals surface area (Å²) in [6.45, 7) is 7.39. The van der Waals surface area contributed by atoms with Crippen LogP contribution in [0.2, 0.25) is 0 Å². The minimum Gasteiger partial charge on any atom is -0.377 e. The quantitative estimate of drug-likeness (QED) is 0.0340. The van der Waals surface area contributed by atoms with Gasteiger partial charge in [-0.3, -0.25) is 0 Å². The minimum absolute atomic E-state index is 0.637. The van der Waals surface area contributed by atoms with Crippen molar-refractivity contribution in [3.05, 3.63) is 59.7 Å². The van der Waals surface area contributed by atoms with Crippen LogP contribution in [0.25, 0.3) is 21.5 Å². The molecule has 3 aromatic rings. The van der Waals surface area contributed by atoms with Gasteiger partial charge in [-0.1, -0.05) is 202 Å². The third-order valence-corrected chi connectivity index (χ3v) is 11.5. The Bertz CT molecular complexity index is 1650. The topological polar surface area (TPSA) is 18.5 Å². The van der Waals surface area contributed by atoms with Crippen molar-refractivity contribution in [1.82, 2.24) is 0 Å². The maximum atomic E-state index is 6.16. The Morgan fingerprint density at radius 3 is 0.983 bits per heavy atom. The van der Waals surface area contributed by atoms with E-state index in [1.165, 1.54) is 161 Å². The molecule has 3 aromatic carbocycles. The predicted molar refractivity (Wildman–Crippen MR) is 262 cm³/mol. The van der Waals surface area contributed by atoms with E-state index in [9.17, 15) is 0 Å². The molecular weight excluding hydrogens is 729 g/mol. The molecule has 60 heavy (non-hydrogen) atoms. The molecular formula is C58H82O2. The average molecular weight is 811 g/mol. The van der Waals surface area contributed by atoms with Crippen molar-refractivity contribution in [1.29, 1.82) is 0 Å². The van der Waals surface area contributed by atoms with Gasteiger partial charge in [0.05, 0.1) is 13.2 Å². The largest absolute Gasteiger partial charge is 0.377 e. The summed E-state index contributed by atoms with van der Waals surface area (Å²) in [5, 5.41) is 5.06. The second-order valence-electron chi connectivity index (χ2n) is 16.9. The van der Waals surface area contributed by atoms with Crippen LogP contribution in [0.15, 0.2) is 48.5 Å². The van der Waals surface area contributed by atoms with E-state index < -0.39 is 0 Å². The smallest absolute Gasteiger partial charge is 0.0722 e. The van der Waals surface area contributed by atoms with Crippen molar-refractivity contribution in [3.8, 4) is 47.4 Å². The molecule has 326 valence electrons. The molecule has 0 bridgehead atoms. The van der Waals surface area contributed by atoms with Gasteiger partial charge >= 0.3 is 0 Å². The Kier molecular flexibility index (Phi) is 31.4. The highest BCUT2D eigenvalue weighted by molar-refractivity contribution is 6.00. The normalized spacial score (nSPS) is 10.7. The van der Waals surface area contributed by atoms with Crippen LogP contribution < -0.4 is 0 Å². The van der Waals surface area contributed by atoms with E-state index in [2.05, 4.69) is 110 Å². The number of benzene rings is 3. The van der Waals surface area contributed by atoms with Crippen molar-refractivity contribution >= 4 is 21.5 Å². The van der Waals surface area contributed by atoms with Gasteiger partial charge < -0.3 is 9.47 Å². The summed E-state index contributed by atoms with van der Waals surface area (Å²) in [4.78, 5) is 0. The third-order valence-electron chi connectivity index (χ3n) is 11.5. The lowest BCUT2D eigenvalue weighted by atomic mass is 9.97. The molecule has 2 nitrogen and oxygen atoms in total. The Morgan fingerprint density at radius 2 is 0.650 bits per heavy atom. The lowest BCUT2D eigenvalue weighted by molar-refractivity contribution is 0.117. The van der Waals surface area contributed by atoms with E-state index in [1.807, 2.05) is 0 Å². The molecule has 0 amide bonds. The molecule has 0 aliphatic carbocycles. The molecule has 0 unspecified atom stereocenters. The highest BCUT2D eigenvalue weighted by Crippen LogP contribution is 2.29. The number of unbranched alkanes of at least 4 members (excludes halogenated alkanes) is 26. The van der Waals surface area contributed by atoms with E-state index in [1.54, 1.807) is 0 Å². The molecule has 0 aliphatic rings. The monoisotopic (exact) mass is 811 g/mol. The van der Waals surface area contributed by atoms with Gasteiger partial charge in [0, 0.05) is 38.9 Å². The van der Waals surface area contributed by atoms with Gasteiger partial charge in [-0.15, -0.1) is 0 Å². The molecule has 0 saturated heterocycles. The van der Waals surface area contributed by atoms with Crippen LogP contribution in [0.3, 0.4) is 0 Å². The van der Waals surface area contributed by atoms with Gasteiger partial charge in [0.2, 0.25) is 0 Å². The summed E-state index contributed by atoms with van der Waals surface area (Å²) in [5.41, 5.74) is 2.50. The van der Waals surface area contributed by atoms with Crippen LogP contribution in [-0.4, -0.2) is 13.2 Å². The van der Waals surface area contributed by atoms with Crippen molar-refractivity contribution in [2.45, 2.75) is 220 Å². The molecule has 0 aliphatic heterocycles. The van der Waals surface area contributed by atoms with Crippen molar-refractivity contribution in [3.63, 3.8) is 0 Å². The highest BCUT2D eigenvalue weighted by Gasteiger charge is 2.07. The lowest BCUT2D eigenvalue weighted by Crippen LogP contribution is -1.98. The summed E-state index contributed by atoms with van der Waals surface area (Å²) < 4.78 is 12.3. The molecule has 0 aromatic heterocycles. The summed E-state index contributed by atoms with van der Waals surface area (Å²) in [5.74, 6) is 25.2. The zero-order valence-electron chi connectivity index (χ0n) is 38.5. The van der Waals surface area contributed by atoms with Crippen LogP contribution in [0.5, 0.6) is 0 Å². The van der Waals surface area contributed by atoms with Crippen LogP contribution >= 0.6 is 0 Å². The van der Waals surface area contributed by atoms with Crippen molar-refractivity contribution in [2.75, 3.05) is 13.2 Å². The molecule has 0 heterocycles. The number of rotatable bonds is 34. The van der Waals surface area contributed by atoms with E-state index in [0.717, 1.165) is 77.4 Å². The Labute approximate surface area is 369 Å². The average Bonchev–Trinajstić information content (AvgIpc) is 3.27. The van der Waals surface area contributed by atoms with Crippen LogP contribution in [0, 0.1) is 47.4 Å². The lowest BCUT2D eigenvalue weighted by Gasteiger charge is -2.12. The number of ether oxygens (including phenoxy) is 2. The first-order chi connectivity index (χ1) is 29.8. The van der Waals surface area contributed by atoms with E-state index in [-0.39, 0.29) is 0 Å². The Morgan fingerprint density at radius 1 is 0.350 bits per heavy atom. The van der Waals surface area contributed by atoms with Crippen molar-refractivity contribution in [2.24, 2.45) is 0 Å². The van der Waals surface area contributed by atoms with Gasteiger partial charge in [0.25, 0.3) is 0 Å². The minimum atomic E-state index is 0.637. The zero-order valence-corrected chi connectivity index (χ0v) is 38.5. The second-order valence-corrected chi connectivity index (χ2v) is 16.9. The van der Waals surface area contributed by atoms with Gasteiger partial charge in [0.15, 0.2) is 0 Å². The maximum Gasteiger partial charge on any atom is 0.0722 e. The van der Waals surface area contributed by atoms with Gasteiger partial charge in [-0.05, 0) is 107 Å². The second kappa shape index (κ2) is 37.1. The number of hydrogen-bond donors (Lipinski definition) is 0. The van der Waals surface area contributed by atoms with Crippen LogP contribution in [-0.2, 0) is 22.7 Å². The third kappa shape index (κ3) is 25.2. The van der Waals surface area contributed by atoms with E-state index >= 15 is 0 Å². The molecule has 0 atom stereocenters. The fourth-order valence-electron chi connectivity index (χ4n) is 7.81. The molecule has 0 fully saturated rings. The Balaban J connectivity index is 1.22. The first kappa shape index (κ1) is 50.7. The van der Waals surface area contributed by atoms with Gasteiger partial charge in [-0.25, -0.2) is 0 Å². The Hall–Kier alpha value is -3.66. The van der Waals surface area contributed by atoms with E-state index in [0.29, 0.717) is 13.2 Å². The molecule has 3 rings (SSSR count). The fraction of sp³-hybridized carbons (Fsp3) is 0.621. The SMILES string of the molecule is CCCCCCCCCCCCC#CC#CCCCCCOCc1cccc2cc3c(COCCCCCC#CC#CCCCCCCCCCCCC)cccc3cc12. The van der Waals surface area contributed by atoms with Gasteiger partial charge in [0.1, 0.15) is 0 Å². The summed E-state index contributed by atoms with van der Waals surface area (Å²) in [6.07, 6.45) is 37.7. The highest BCUT2D eigenvalue weighted by atomic mass is 16.5. The standard InChI is InChI=1S/C58H82O2/c1-3-5-7-9-11-13-15-17-19-21-23-25-27-29-31-33-35-37-39-47-59-51-55-45-41-43-53-50-58-54(49-57(53)55)44-42-46-56(58)52-60-48-40-38-36-34-32-30-28-26-24-22-20-18-16-14-12-10-8-6-4-2/h41-46,49-50H,3-24,33-40,47-48,51-52H2,1-2H3. The number of hydrogen-bond acceptors (Lipinski definition) is 2. The summed E-state index contributed by atoms with van der Waals surface area (Å²) >= 11 is 0. The molecule has 0 N–H and O–H groups in total. The van der Waals surface area contributed by atoms with Gasteiger partial charge in [-0.2, -0.15) is 0 Å². The number of fused-ring (bicyclic) bond motifs is 2. The first-order valence-electron chi connectivity index (χ1n) is 24.8. The predicted octanol–water partition coefficient (Wildman–Crippen LogP) is 16.8. The van der Waals surface area contributed by atoms with Crippen LogP contribution in [0.4, 0.5) is 0 Å². The first-order valence-corrected chi connectivity index (χ1v) is 24.8. The summed E-state index contributed by atoms with van der Waals surface area (Å²) in [7, 11) is 0. The summed E-state index contributed by atoms with van der Waals surface area (Å²) in [6, 6.07) is 17.8. The molecule has 0 radical (unpaired) electrons. The molecule has 0 saturated carbocycles.